The second kappa shape index (κ2) is 8.64. The highest BCUT2D eigenvalue weighted by Crippen LogP contribution is 2.39. The van der Waals surface area contributed by atoms with E-state index in [4.69, 9.17) is 16.3 Å². The van der Waals surface area contributed by atoms with Crippen molar-refractivity contribution < 1.29 is 9.53 Å². The molecule has 1 aromatic carbocycles. The van der Waals surface area contributed by atoms with Crippen LogP contribution in [0, 0.1) is 0 Å². The molecule has 174 valence electrons. The topological polar surface area (TPSA) is 97.5 Å². The number of thiophene rings is 1. The highest BCUT2D eigenvalue weighted by Gasteiger charge is 2.25. The van der Waals surface area contributed by atoms with Gasteiger partial charge < -0.3 is 15.0 Å². The molecule has 0 saturated heterocycles. The molecule has 35 heavy (non-hydrogen) atoms. The Bertz CT molecular complexity index is 1610. The number of benzene rings is 1. The maximum absolute atomic E-state index is 12.1. The Kier molecular flexibility index (Phi) is 5.31. The van der Waals surface area contributed by atoms with E-state index in [-0.39, 0.29) is 5.91 Å². The standard InChI is InChI=1S/C24H18ClN7O2S/c1-2-21(33)31-8-7-16-19(11-31)35-24-22(16)23(27-12-28-24)30-14-3-5-18(17(25)9-14)34-15-4-6-20-26-13-29-32(20)10-15/h2-6,9-10,12-13H,1,7-8,11H2,(H,27,28,30). The normalized spacial score (nSPS) is 13.1. The van der Waals surface area contributed by atoms with E-state index in [0.29, 0.717) is 35.4 Å². The lowest BCUT2D eigenvalue weighted by atomic mass is 10.0. The van der Waals surface area contributed by atoms with Crippen LogP contribution in [0.15, 0.2) is 61.8 Å². The van der Waals surface area contributed by atoms with E-state index in [1.807, 2.05) is 18.2 Å². The molecule has 0 aliphatic carbocycles. The molecule has 6 rings (SSSR count). The van der Waals surface area contributed by atoms with Gasteiger partial charge >= 0.3 is 0 Å². The van der Waals surface area contributed by atoms with E-state index in [2.05, 4.69) is 31.9 Å². The molecule has 5 heterocycles. The number of fused-ring (bicyclic) bond motifs is 4. The molecule has 0 unspecified atom stereocenters. The fourth-order valence-electron chi connectivity index (χ4n) is 4.12. The second-order valence-electron chi connectivity index (χ2n) is 7.92. The number of hydrogen-bond acceptors (Lipinski definition) is 8. The molecule has 1 aliphatic heterocycles. The van der Waals surface area contributed by atoms with Gasteiger partial charge in [0.2, 0.25) is 5.91 Å². The number of pyridine rings is 1. The average molecular weight is 504 g/mol. The first-order valence-electron chi connectivity index (χ1n) is 10.8. The summed E-state index contributed by atoms with van der Waals surface area (Å²) in [5, 5.41) is 8.93. The van der Waals surface area contributed by atoms with Crippen LogP contribution in [0.25, 0.3) is 15.9 Å². The first-order valence-corrected chi connectivity index (χ1v) is 12.0. The first kappa shape index (κ1) is 21.5. The molecule has 5 aromatic rings. The van der Waals surface area contributed by atoms with Crippen LogP contribution < -0.4 is 10.1 Å². The van der Waals surface area contributed by atoms with Crippen molar-refractivity contribution in [2.45, 2.75) is 13.0 Å². The molecule has 0 saturated carbocycles. The van der Waals surface area contributed by atoms with Gasteiger partial charge in [-0.3, -0.25) is 4.79 Å². The Hall–Kier alpha value is -4.02. The third-order valence-electron chi connectivity index (χ3n) is 5.79. The molecule has 0 bridgehead atoms. The van der Waals surface area contributed by atoms with Crippen LogP contribution >= 0.6 is 22.9 Å². The fourth-order valence-corrected chi connectivity index (χ4v) is 5.55. The summed E-state index contributed by atoms with van der Waals surface area (Å²) in [4.78, 5) is 28.9. The molecule has 1 N–H and O–H groups in total. The Balaban J connectivity index is 1.26. The second-order valence-corrected chi connectivity index (χ2v) is 9.41. The molecule has 1 amide bonds. The quantitative estimate of drug-likeness (QED) is 0.337. The summed E-state index contributed by atoms with van der Waals surface area (Å²) in [7, 11) is 0. The number of nitrogens with zero attached hydrogens (tertiary/aromatic N) is 6. The van der Waals surface area contributed by atoms with Crippen molar-refractivity contribution in [2.24, 2.45) is 0 Å². The van der Waals surface area contributed by atoms with Crippen LogP contribution in [0.1, 0.15) is 10.4 Å². The lowest BCUT2D eigenvalue weighted by molar-refractivity contribution is -0.126. The number of aromatic nitrogens is 5. The number of halogens is 1. The molecule has 0 spiro atoms. The van der Waals surface area contributed by atoms with Gasteiger partial charge in [-0.1, -0.05) is 18.2 Å². The van der Waals surface area contributed by atoms with Crippen molar-refractivity contribution in [1.29, 1.82) is 0 Å². The van der Waals surface area contributed by atoms with Crippen molar-refractivity contribution in [2.75, 3.05) is 11.9 Å². The summed E-state index contributed by atoms with van der Waals surface area (Å²) in [5.74, 6) is 1.76. The van der Waals surface area contributed by atoms with Gasteiger partial charge in [0.15, 0.2) is 5.65 Å². The summed E-state index contributed by atoms with van der Waals surface area (Å²) in [6, 6.07) is 9.11. The molecule has 9 nitrogen and oxygen atoms in total. The van der Waals surface area contributed by atoms with E-state index >= 15 is 0 Å². The van der Waals surface area contributed by atoms with Gasteiger partial charge in [-0.2, -0.15) is 5.10 Å². The minimum Gasteiger partial charge on any atom is -0.454 e. The number of nitrogens with one attached hydrogen (secondary N) is 1. The zero-order valence-electron chi connectivity index (χ0n) is 18.3. The maximum Gasteiger partial charge on any atom is 0.246 e. The van der Waals surface area contributed by atoms with Crippen LogP contribution in [-0.4, -0.2) is 41.9 Å². The summed E-state index contributed by atoms with van der Waals surface area (Å²) < 4.78 is 7.58. The lowest BCUT2D eigenvalue weighted by Crippen LogP contribution is -2.34. The largest absolute Gasteiger partial charge is 0.454 e. The fraction of sp³-hybridized carbons (Fsp3) is 0.125. The van der Waals surface area contributed by atoms with E-state index in [1.165, 1.54) is 18.0 Å². The Morgan fingerprint density at radius 1 is 1.20 bits per heavy atom. The monoisotopic (exact) mass is 503 g/mol. The summed E-state index contributed by atoms with van der Waals surface area (Å²) >= 11 is 8.13. The molecule has 0 fully saturated rings. The molecular formula is C24H18ClN7O2S. The Labute approximate surface area is 208 Å². The van der Waals surface area contributed by atoms with Crippen LogP contribution in [-0.2, 0) is 17.8 Å². The molecular weight excluding hydrogens is 486 g/mol. The third-order valence-corrected chi connectivity index (χ3v) is 7.21. The minimum atomic E-state index is -0.0595. The third kappa shape index (κ3) is 3.96. The number of ether oxygens (including phenoxy) is 1. The number of amides is 1. The zero-order chi connectivity index (χ0) is 23.9. The highest BCUT2D eigenvalue weighted by atomic mass is 35.5. The average Bonchev–Trinajstić information content (AvgIpc) is 3.49. The van der Waals surface area contributed by atoms with Gasteiger partial charge in [0.25, 0.3) is 0 Å². The molecule has 0 atom stereocenters. The van der Waals surface area contributed by atoms with E-state index in [0.717, 1.165) is 32.8 Å². The van der Waals surface area contributed by atoms with Crippen molar-refractivity contribution in [1.82, 2.24) is 29.5 Å². The predicted octanol–water partition coefficient (Wildman–Crippen LogP) is 4.99. The van der Waals surface area contributed by atoms with E-state index < -0.39 is 0 Å². The predicted molar refractivity (Wildman–Crippen MR) is 135 cm³/mol. The van der Waals surface area contributed by atoms with Crippen LogP contribution in [0.4, 0.5) is 11.5 Å². The highest BCUT2D eigenvalue weighted by molar-refractivity contribution is 7.19. The van der Waals surface area contributed by atoms with Gasteiger partial charge in [-0.05, 0) is 48.4 Å². The number of rotatable bonds is 5. The van der Waals surface area contributed by atoms with Gasteiger partial charge in [-0.15, -0.1) is 11.3 Å². The Morgan fingerprint density at radius 3 is 2.97 bits per heavy atom. The van der Waals surface area contributed by atoms with E-state index in [1.54, 1.807) is 45.4 Å². The molecule has 0 radical (unpaired) electrons. The van der Waals surface area contributed by atoms with E-state index in [9.17, 15) is 4.79 Å². The van der Waals surface area contributed by atoms with Crippen LogP contribution in [0.2, 0.25) is 5.02 Å². The molecule has 11 heteroatoms. The summed E-state index contributed by atoms with van der Waals surface area (Å²) in [5.41, 5.74) is 2.68. The summed E-state index contributed by atoms with van der Waals surface area (Å²) in [6.45, 7) is 4.79. The molecule has 1 aliphatic rings. The summed E-state index contributed by atoms with van der Waals surface area (Å²) in [6.07, 6.45) is 6.86. The van der Waals surface area contributed by atoms with Gasteiger partial charge in [-0.25, -0.2) is 19.5 Å². The van der Waals surface area contributed by atoms with Crippen molar-refractivity contribution >= 4 is 56.2 Å². The number of anilines is 2. The number of carbonyl (C=O) groups excluding carboxylic acids is 1. The van der Waals surface area contributed by atoms with Crippen LogP contribution in [0.3, 0.4) is 0 Å². The zero-order valence-corrected chi connectivity index (χ0v) is 19.9. The van der Waals surface area contributed by atoms with Crippen molar-refractivity contribution in [3.05, 3.63) is 77.3 Å². The number of carbonyl (C=O) groups is 1. The molecule has 4 aromatic heterocycles. The maximum atomic E-state index is 12.1. The Morgan fingerprint density at radius 2 is 2.11 bits per heavy atom. The van der Waals surface area contributed by atoms with Gasteiger partial charge in [0.1, 0.15) is 34.8 Å². The van der Waals surface area contributed by atoms with Gasteiger partial charge in [0.05, 0.1) is 23.2 Å². The van der Waals surface area contributed by atoms with Crippen molar-refractivity contribution in [3.8, 4) is 11.5 Å². The smallest absolute Gasteiger partial charge is 0.246 e. The van der Waals surface area contributed by atoms with Crippen molar-refractivity contribution in [3.63, 3.8) is 0 Å². The van der Waals surface area contributed by atoms with Crippen LogP contribution in [0.5, 0.6) is 11.5 Å². The minimum absolute atomic E-state index is 0.0595. The SMILES string of the molecule is C=CC(=O)N1CCc2c(sc3ncnc(Nc4ccc(Oc5ccc6ncnn6c5)c(Cl)c4)c23)C1. The van der Waals surface area contributed by atoms with Gasteiger partial charge in [0, 0.05) is 17.1 Å². The number of hydrogen-bond donors (Lipinski definition) is 1. The first-order chi connectivity index (χ1) is 17.1. The lowest BCUT2D eigenvalue weighted by Gasteiger charge is -2.25.